The fourth-order valence-corrected chi connectivity index (χ4v) is 1.11. The van der Waals surface area contributed by atoms with Gasteiger partial charge in [-0.15, -0.1) is 6.58 Å². The fraction of sp³-hybridized carbons (Fsp3) is 0.667. The van der Waals surface area contributed by atoms with Gasteiger partial charge in [-0.25, -0.2) is 0 Å². The molecule has 0 aliphatic heterocycles. The van der Waals surface area contributed by atoms with Crippen molar-refractivity contribution in [2.45, 2.75) is 32.7 Å². The fourth-order valence-electron chi connectivity index (χ4n) is 1.11. The molecule has 1 atom stereocenters. The number of hydrogen-bond acceptors (Lipinski definition) is 3. The largest absolute Gasteiger partial charge is 0.354 e. The molecule has 0 aromatic rings. The molecule has 0 rings (SSSR count). The second-order valence-corrected chi connectivity index (χ2v) is 3.90. The zero-order chi connectivity index (χ0) is 13.1. The lowest BCUT2D eigenvalue weighted by Gasteiger charge is -2.11. The number of hydrogen-bond donors (Lipinski definition) is 3. The quantitative estimate of drug-likeness (QED) is 0.398. The zero-order valence-electron chi connectivity index (χ0n) is 10.7. The number of nitrogens with one attached hydrogen (secondary N) is 3. The van der Waals surface area contributed by atoms with Crippen LogP contribution in [0.2, 0.25) is 0 Å². The van der Waals surface area contributed by atoms with Gasteiger partial charge >= 0.3 is 0 Å². The van der Waals surface area contributed by atoms with E-state index in [4.69, 9.17) is 0 Å². The van der Waals surface area contributed by atoms with Crippen molar-refractivity contribution in [1.29, 1.82) is 0 Å². The molecule has 0 heterocycles. The Hall–Kier alpha value is -1.36. The first-order valence-corrected chi connectivity index (χ1v) is 5.97. The summed E-state index contributed by atoms with van der Waals surface area (Å²) < 4.78 is 0. The lowest BCUT2D eigenvalue weighted by Crippen LogP contribution is -2.38. The van der Waals surface area contributed by atoms with Gasteiger partial charge in [0.2, 0.25) is 11.8 Å². The van der Waals surface area contributed by atoms with Gasteiger partial charge in [0.15, 0.2) is 0 Å². The Kier molecular flexibility index (Phi) is 9.05. The molecule has 0 fully saturated rings. The zero-order valence-corrected chi connectivity index (χ0v) is 10.7. The number of rotatable bonds is 9. The van der Waals surface area contributed by atoms with Crippen LogP contribution in [-0.4, -0.2) is 37.5 Å². The van der Waals surface area contributed by atoms with Crippen molar-refractivity contribution in [2.24, 2.45) is 0 Å². The van der Waals surface area contributed by atoms with Gasteiger partial charge in [0, 0.05) is 25.6 Å². The molecule has 17 heavy (non-hydrogen) atoms. The highest BCUT2D eigenvalue weighted by Gasteiger charge is 2.06. The van der Waals surface area contributed by atoms with E-state index in [1.807, 2.05) is 13.8 Å². The van der Waals surface area contributed by atoms with E-state index in [1.165, 1.54) is 0 Å². The van der Waals surface area contributed by atoms with E-state index in [2.05, 4.69) is 22.5 Å². The van der Waals surface area contributed by atoms with E-state index in [-0.39, 0.29) is 24.4 Å². The Labute approximate surface area is 103 Å². The molecule has 0 radical (unpaired) electrons. The van der Waals surface area contributed by atoms with Crippen molar-refractivity contribution in [3.05, 3.63) is 12.7 Å². The molecule has 0 aromatic heterocycles. The van der Waals surface area contributed by atoms with Crippen LogP contribution in [-0.2, 0) is 9.59 Å². The normalized spacial score (nSPS) is 11.6. The van der Waals surface area contributed by atoms with E-state index in [9.17, 15) is 9.59 Å². The molecule has 5 nitrogen and oxygen atoms in total. The molecular weight excluding hydrogens is 218 g/mol. The average molecular weight is 241 g/mol. The third kappa shape index (κ3) is 9.56. The van der Waals surface area contributed by atoms with Crippen molar-refractivity contribution in [3.8, 4) is 0 Å². The van der Waals surface area contributed by atoms with Gasteiger partial charge in [-0.2, -0.15) is 0 Å². The molecule has 98 valence electrons. The van der Waals surface area contributed by atoms with Gasteiger partial charge in [0.05, 0.1) is 6.54 Å². The Morgan fingerprint density at radius 3 is 2.65 bits per heavy atom. The SMILES string of the molecule is C=CCNCC(=O)NCCC(=O)NC(C)CC. The highest BCUT2D eigenvalue weighted by atomic mass is 16.2. The van der Waals surface area contributed by atoms with Crippen molar-refractivity contribution in [3.63, 3.8) is 0 Å². The number of carbonyl (C=O) groups is 2. The minimum Gasteiger partial charge on any atom is -0.354 e. The number of amides is 2. The van der Waals surface area contributed by atoms with Crippen molar-refractivity contribution in [1.82, 2.24) is 16.0 Å². The third-order valence-electron chi connectivity index (χ3n) is 2.27. The van der Waals surface area contributed by atoms with Crippen LogP contribution in [0.5, 0.6) is 0 Å². The van der Waals surface area contributed by atoms with E-state index < -0.39 is 0 Å². The van der Waals surface area contributed by atoms with Gasteiger partial charge in [0.25, 0.3) is 0 Å². The van der Waals surface area contributed by atoms with E-state index >= 15 is 0 Å². The van der Waals surface area contributed by atoms with E-state index in [1.54, 1.807) is 6.08 Å². The van der Waals surface area contributed by atoms with Crippen LogP contribution >= 0.6 is 0 Å². The van der Waals surface area contributed by atoms with Gasteiger partial charge in [0.1, 0.15) is 0 Å². The molecule has 0 spiro atoms. The Morgan fingerprint density at radius 2 is 2.06 bits per heavy atom. The highest BCUT2D eigenvalue weighted by molar-refractivity contribution is 5.80. The monoisotopic (exact) mass is 241 g/mol. The lowest BCUT2D eigenvalue weighted by atomic mass is 10.2. The van der Waals surface area contributed by atoms with Crippen LogP contribution in [0.4, 0.5) is 0 Å². The van der Waals surface area contributed by atoms with E-state index in [0.717, 1.165) is 6.42 Å². The van der Waals surface area contributed by atoms with E-state index in [0.29, 0.717) is 19.5 Å². The van der Waals surface area contributed by atoms with Gasteiger partial charge in [-0.3, -0.25) is 9.59 Å². The summed E-state index contributed by atoms with van der Waals surface area (Å²) in [6.45, 7) is 8.72. The summed E-state index contributed by atoms with van der Waals surface area (Å²) in [5.74, 6) is -0.137. The smallest absolute Gasteiger partial charge is 0.233 e. The van der Waals surface area contributed by atoms with Gasteiger partial charge in [-0.05, 0) is 13.3 Å². The average Bonchev–Trinajstić information content (AvgIpc) is 2.29. The molecule has 0 saturated heterocycles. The van der Waals surface area contributed by atoms with Crippen LogP contribution in [0.25, 0.3) is 0 Å². The van der Waals surface area contributed by atoms with Gasteiger partial charge < -0.3 is 16.0 Å². The summed E-state index contributed by atoms with van der Waals surface area (Å²) in [6, 6.07) is 0.187. The van der Waals surface area contributed by atoms with Crippen LogP contribution in [0.15, 0.2) is 12.7 Å². The summed E-state index contributed by atoms with van der Waals surface area (Å²) in [5.41, 5.74) is 0. The minimum absolute atomic E-state index is 0.0290. The van der Waals surface area contributed by atoms with Crippen LogP contribution < -0.4 is 16.0 Å². The molecule has 5 heteroatoms. The number of carbonyl (C=O) groups excluding carboxylic acids is 2. The molecule has 0 aliphatic rings. The van der Waals surface area contributed by atoms with Crippen molar-refractivity contribution < 1.29 is 9.59 Å². The van der Waals surface area contributed by atoms with Crippen molar-refractivity contribution in [2.75, 3.05) is 19.6 Å². The summed E-state index contributed by atoms with van der Waals surface area (Å²) in [6.07, 6.45) is 2.91. The molecule has 0 aliphatic carbocycles. The minimum atomic E-state index is -0.108. The molecule has 0 aromatic carbocycles. The predicted octanol–water partition coefficient (Wildman–Crippen LogP) is 0.183. The molecule has 3 N–H and O–H groups in total. The Morgan fingerprint density at radius 1 is 1.35 bits per heavy atom. The summed E-state index contributed by atoms with van der Waals surface area (Å²) in [5, 5.41) is 8.39. The highest BCUT2D eigenvalue weighted by Crippen LogP contribution is 1.88. The molecule has 0 saturated carbocycles. The summed E-state index contributed by atoms with van der Waals surface area (Å²) in [4.78, 5) is 22.6. The summed E-state index contributed by atoms with van der Waals surface area (Å²) >= 11 is 0. The third-order valence-corrected chi connectivity index (χ3v) is 2.27. The molecule has 0 bridgehead atoms. The first-order valence-electron chi connectivity index (χ1n) is 5.97. The standard InChI is InChI=1S/C12H23N3O2/c1-4-7-13-9-12(17)14-8-6-11(16)15-10(3)5-2/h4,10,13H,1,5-9H2,2-3H3,(H,14,17)(H,15,16). The molecule has 2 amide bonds. The van der Waals surface area contributed by atoms with Crippen molar-refractivity contribution >= 4 is 11.8 Å². The van der Waals surface area contributed by atoms with Crippen LogP contribution in [0.3, 0.4) is 0 Å². The molecule has 1 unspecified atom stereocenters. The maximum Gasteiger partial charge on any atom is 0.233 e. The maximum absolute atomic E-state index is 11.4. The van der Waals surface area contributed by atoms with Gasteiger partial charge in [-0.1, -0.05) is 13.0 Å². The predicted molar refractivity (Wildman–Crippen MR) is 68.6 cm³/mol. The topological polar surface area (TPSA) is 70.2 Å². The first-order chi connectivity index (χ1) is 8.10. The Balaban J connectivity index is 3.52. The molecular formula is C12H23N3O2. The second kappa shape index (κ2) is 9.84. The van der Waals surface area contributed by atoms with Crippen LogP contribution in [0.1, 0.15) is 26.7 Å². The van der Waals surface area contributed by atoms with Crippen LogP contribution in [0, 0.1) is 0 Å². The first kappa shape index (κ1) is 15.6. The maximum atomic E-state index is 11.4. The lowest BCUT2D eigenvalue weighted by molar-refractivity contribution is -0.122. The summed E-state index contributed by atoms with van der Waals surface area (Å²) in [7, 11) is 0. The Bertz CT molecular complexity index is 254. The second-order valence-electron chi connectivity index (χ2n) is 3.90.